The largest absolute Gasteiger partial charge is 0.455 e. The van der Waals surface area contributed by atoms with Gasteiger partial charge in [-0.3, -0.25) is 0 Å². The van der Waals surface area contributed by atoms with Crippen LogP contribution in [0.2, 0.25) is 0 Å². The number of furan rings is 1. The monoisotopic (exact) mass is 1150 g/mol. The molecular weight excluding hydrogens is 1100 g/mol. The van der Waals surface area contributed by atoms with Gasteiger partial charge >= 0.3 is 0 Å². The SMILES string of the molecule is c1ccc([Si](c2ccccc2)(c2cccc(-c3cccc4c3oc3ccccc34)c2)c2cccc(-n3c4cc(-n5c6ccccc6c6cc(-n7c8ccccc8c8ccccc87)ccc65)ccc4c4c5c6ccccc6c6ccccc6c5ccc43)c2)cc1. The lowest BCUT2D eigenvalue weighted by Crippen LogP contribution is -2.74. The lowest BCUT2D eigenvalue weighted by molar-refractivity contribution is 0.670. The minimum atomic E-state index is -3.17. The van der Waals surface area contributed by atoms with Gasteiger partial charge in [-0.05, 0) is 126 Å². The minimum Gasteiger partial charge on any atom is -0.455 e. The highest BCUT2D eigenvalue weighted by molar-refractivity contribution is 7.20. The highest BCUT2D eigenvalue weighted by Crippen LogP contribution is 2.45. The van der Waals surface area contributed by atoms with E-state index >= 15 is 0 Å². The molecule has 0 amide bonds. The fourth-order valence-electron chi connectivity index (χ4n) is 15.6. The van der Waals surface area contributed by atoms with Gasteiger partial charge in [0.05, 0.1) is 33.1 Å². The van der Waals surface area contributed by atoms with Crippen molar-refractivity contribution in [2.45, 2.75) is 0 Å². The summed E-state index contributed by atoms with van der Waals surface area (Å²) in [5.74, 6) is 0. The molecule has 15 aromatic carbocycles. The van der Waals surface area contributed by atoms with E-state index in [1.807, 2.05) is 0 Å². The van der Waals surface area contributed by atoms with E-state index in [2.05, 4.69) is 335 Å². The zero-order valence-corrected chi connectivity index (χ0v) is 49.3. The Morgan fingerprint density at radius 3 is 1.34 bits per heavy atom. The molecule has 0 aliphatic rings. The molecule has 0 saturated carbocycles. The molecule has 0 bridgehead atoms. The molecule has 0 unspecified atom stereocenters. The van der Waals surface area contributed by atoms with E-state index in [4.69, 9.17) is 4.42 Å². The second kappa shape index (κ2) is 19.3. The Hall–Kier alpha value is -11.5. The molecule has 4 nitrogen and oxygen atoms in total. The van der Waals surface area contributed by atoms with Crippen LogP contribution in [-0.4, -0.2) is 21.8 Å². The lowest BCUT2D eigenvalue weighted by Gasteiger charge is -2.35. The molecule has 0 aliphatic heterocycles. The number of aromatic nitrogens is 3. The van der Waals surface area contributed by atoms with E-state index in [1.54, 1.807) is 0 Å². The molecule has 5 heteroatoms. The molecule has 0 aliphatic carbocycles. The number of fused-ring (bicyclic) bond motifs is 19. The van der Waals surface area contributed by atoms with Gasteiger partial charge in [-0.15, -0.1) is 0 Å². The fourth-order valence-corrected chi connectivity index (χ4v) is 20.4. The van der Waals surface area contributed by atoms with Crippen LogP contribution in [-0.2, 0) is 0 Å². The van der Waals surface area contributed by atoms with Crippen molar-refractivity contribution in [1.82, 2.24) is 13.7 Å². The Labute approximate surface area is 513 Å². The number of benzene rings is 15. The molecule has 4 aromatic heterocycles. The summed E-state index contributed by atoms with van der Waals surface area (Å²) in [6.07, 6.45) is 0. The van der Waals surface area contributed by atoms with Crippen LogP contribution < -0.4 is 20.7 Å². The van der Waals surface area contributed by atoms with Crippen molar-refractivity contribution in [3.63, 3.8) is 0 Å². The van der Waals surface area contributed by atoms with Gasteiger partial charge in [-0.1, -0.05) is 249 Å². The van der Waals surface area contributed by atoms with Gasteiger partial charge in [0, 0.05) is 71.1 Å². The molecule has 0 radical (unpaired) electrons. The van der Waals surface area contributed by atoms with E-state index in [0.29, 0.717) is 0 Å². The standard InChI is InChI=1S/C84H53N3OSi/c1-3-24-58(25-4-1)89(59-26-5-2-6-27-59,60-28-19-22-54(50-60)62-38-21-39-72-69-36-14-18-43-81(69)88-84(62)72)61-29-20-23-55(51-61)87-79-49-47-71-65-32-8-7-30-63(65)64-31-9-10-37-70(64)82(71)83(79)73-46-44-57(53-80(73)87)86-77-42-17-13-35-68(77)74-52-56(45-48-78(74)86)85-75-40-15-11-33-66(75)67-34-12-16-41-76(67)85/h1-53H. The zero-order chi connectivity index (χ0) is 58.3. The van der Waals surface area contributed by atoms with Crippen LogP contribution in [0.5, 0.6) is 0 Å². The fraction of sp³-hybridized carbons (Fsp3) is 0. The maximum Gasteiger partial charge on any atom is 0.179 e. The van der Waals surface area contributed by atoms with Crippen LogP contribution in [0.15, 0.2) is 326 Å². The van der Waals surface area contributed by atoms with Crippen molar-refractivity contribution in [3.8, 4) is 28.2 Å². The predicted molar refractivity (Wildman–Crippen MR) is 378 cm³/mol. The second-order valence-electron chi connectivity index (χ2n) is 23.8. The Kier molecular flexibility index (Phi) is 10.8. The van der Waals surface area contributed by atoms with Crippen molar-refractivity contribution >= 4 is 148 Å². The Bertz CT molecular complexity index is 6000. The van der Waals surface area contributed by atoms with Crippen LogP contribution in [0, 0.1) is 0 Å². The van der Waals surface area contributed by atoms with Crippen LogP contribution in [0.1, 0.15) is 0 Å². The molecule has 89 heavy (non-hydrogen) atoms. The third-order valence-electron chi connectivity index (χ3n) is 19.3. The average molecular weight is 1150 g/mol. The van der Waals surface area contributed by atoms with Crippen molar-refractivity contribution in [1.29, 1.82) is 0 Å². The second-order valence-corrected chi connectivity index (χ2v) is 27.6. The van der Waals surface area contributed by atoms with E-state index in [1.165, 1.54) is 96.4 Å². The molecule has 0 fully saturated rings. The summed E-state index contributed by atoms with van der Waals surface area (Å²) >= 11 is 0. The van der Waals surface area contributed by atoms with Crippen molar-refractivity contribution in [2.75, 3.05) is 0 Å². The molecule has 0 saturated heterocycles. The van der Waals surface area contributed by atoms with Crippen molar-refractivity contribution < 1.29 is 4.42 Å². The first-order valence-electron chi connectivity index (χ1n) is 30.7. The Balaban J connectivity index is 0.883. The summed E-state index contributed by atoms with van der Waals surface area (Å²) in [4.78, 5) is 0. The zero-order valence-electron chi connectivity index (χ0n) is 48.3. The van der Waals surface area contributed by atoms with Crippen LogP contribution in [0.25, 0.3) is 148 Å². The summed E-state index contributed by atoms with van der Waals surface area (Å²) in [6, 6.07) is 120. The van der Waals surface area contributed by atoms with Crippen molar-refractivity contribution in [3.05, 3.63) is 322 Å². The highest BCUT2D eigenvalue weighted by Gasteiger charge is 2.42. The highest BCUT2D eigenvalue weighted by atomic mass is 28.3. The molecule has 4 heterocycles. The van der Waals surface area contributed by atoms with Gasteiger partial charge in [0.15, 0.2) is 8.07 Å². The number of para-hydroxylation sites is 5. The van der Waals surface area contributed by atoms with Gasteiger partial charge in [-0.25, -0.2) is 0 Å². The van der Waals surface area contributed by atoms with Gasteiger partial charge in [0.1, 0.15) is 11.2 Å². The van der Waals surface area contributed by atoms with Crippen LogP contribution in [0.4, 0.5) is 0 Å². The Morgan fingerprint density at radius 2 is 0.663 bits per heavy atom. The summed E-state index contributed by atoms with van der Waals surface area (Å²) in [7, 11) is -3.17. The quantitative estimate of drug-likeness (QED) is 0.0846. The molecule has 19 aromatic rings. The minimum absolute atomic E-state index is 0.895. The molecule has 414 valence electrons. The van der Waals surface area contributed by atoms with Crippen LogP contribution in [0.3, 0.4) is 0 Å². The number of hydrogen-bond donors (Lipinski definition) is 0. The number of nitrogens with zero attached hydrogens (tertiary/aromatic N) is 3. The molecule has 19 rings (SSSR count). The maximum absolute atomic E-state index is 6.74. The summed E-state index contributed by atoms with van der Waals surface area (Å²) in [6.45, 7) is 0. The van der Waals surface area contributed by atoms with Gasteiger partial charge in [0.25, 0.3) is 0 Å². The van der Waals surface area contributed by atoms with E-state index < -0.39 is 8.07 Å². The molecule has 0 spiro atoms. The number of rotatable bonds is 8. The van der Waals surface area contributed by atoms with Gasteiger partial charge < -0.3 is 18.1 Å². The summed E-state index contributed by atoms with van der Waals surface area (Å²) in [5, 5.41) is 22.4. The average Bonchev–Trinajstić information content (AvgIpc) is 1.68. The van der Waals surface area contributed by atoms with Gasteiger partial charge in [0.2, 0.25) is 0 Å². The smallest absolute Gasteiger partial charge is 0.179 e. The van der Waals surface area contributed by atoms with E-state index in [9.17, 15) is 0 Å². The summed E-state index contributed by atoms with van der Waals surface area (Å²) < 4.78 is 14.2. The molecule has 0 N–H and O–H groups in total. The topological polar surface area (TPSA) is 27.9 Å². The Morgan fingerprint density at radius 1 is 0.225 bits per heavy atom. The lowest BCUT2D eigenvalue weighted by atomic mass is 9.92. The third kappa shape index (κ3) is 7.16. The first-order valence-corrected chi connectivity index (χ1v) is 32.7. The van der Waals surface area contributed by atoms with Crippen LogP contribution >= 0.6 is 0 Å². The third-order valence-corrected chi connectivity index (χ3v) is 24.1. The normalized spacial score (nSPS) is 12.3. The first kappa shape index (κ1) is 49.7. The maximum atomic E-state index is 6.74. The summed E-state index contributed by atoms with van der Waals surface area (Å²) in [5.41, 5.74) is 14.4. The van der Waals surface area contributed by atoms with E-state index in [0.717, 1.165) is 72.2 Å². The first-order chi connectivity index (χ1) is 44.2. The van der Waals surface area contributed by atoms with Crippen molar-refractivity contribution in [2.24, 2.45) is 0 Å². The molecular formula is C84H53N3OSi. The molecule has 0 atom stereocenters. The predicted octanol–water partition coefficient (Wildman–Crippen LogP) is 19.4. The van der Waals surface area contributed by atoms with Gasteiger partial charge in [-0.2, -0.15) is 0 Å². The number of hydrogen-bond acceptors (Lipinski definition) is 1. The van der Waals surface area contributed by atoms with E-state index in [-0.39, 0.29) is 0 Å².